The Bertz CT molecular complexity index is 1050. The topological polar surface area (TPSA) is 177 Å². The molecular weight excluding hydrogens is 541 g/mol. The van der Waals surface area contributed by atoms with Crippen LogP contribution in [0.4, 0.5) is 0 Å². The fourth-order valence-electron chi connectivity index (χ4n) is 4.40. The van der Waals surface area contributed by atoms with Crippen LogP contribution in [0, 0.1) is 0 Å². The predicted octanol–water partition coefficient (Wildman–Crippen LogP) is -1.48. The number of amides is 5. The zero-order valence-electron chi connectivity index (χ0n) is 20.6. The van der Waals surface area contributed by atoms with E-state index in [2.05, 4.69) is 21.3 Å². The fourth-order valence-corrected chi connectivity index (χ4v) is 5.01. The quantitative estimate of drug-likeness (QED) is 0.239. The van der Waals surface area contributed by atoms with Gasteiger partial charge in [-0.25, -0.2) is 0 Å². The maximum absolute atomic E-state index is 13.5. The standard InChI is InChI=1S/C24H31Cl2N5O7/c1-2-14-21(35)29-16(10-32)22(36)30-17(11-33)24(38)31-9-13(25)19(26)20(31)23(37)28-15(8-18(34)27-14)12-6-4-3-5-7-12/h3-7,13-17,19-20,32-33H,2,8-11H2,1H3,(H,27,34)(H,28,37)(H,29,35)(H,30,36)/t13-,14?,15?,16?,17?,19-,20?/m0/s1. The number of halogens is 2. The second kappa shape index (κ2) is 13.2. The molecule has 5 amide bonds. The number of nitrogens with one attached hydrogen (secondary N) is 4. The lowest BCUT2D eigenvalue weighted by atomic mass is 10.0. The summed E-state index contributed by atoms with van der Waals surface area (Å²) in [5.74, 6) is -3.75. The van der Waals surface area contributed by atoms with E-state index in [0.29, 0.717) is 5.56 Å². The van der Waals surface area contributed by atoms with Gasteiger partial charge in [0.25, 0.3) is 0 Å². The van der Waals surface area contributed by atoms with Crippen LogP contribution in [-0.4, -0.2) is 99.3 Å². The number of nitrogens with zero attached hydrogens (tertiary/aromatic N) is 1. The lowest BCUT2D eigenvalue weighted by Crippen LogP contribution is -2.60. The summed E-state index contributed by atoms with van der Waals surface area (Å²) >= 11 is 12.7. The van der Waals surface area contributed by atoms with Gasteiger partial charge < -0.3 is 36.4 Å². The molecule has 3 rings (SSSR count). The molecule has 0 aromatic heterocycles. The van der Waals surface area contributed by atoms with Crippen LogP contribution in [0.15, 0.2) is 30.3 Å². The van der Waals surface area contributed by atoms with Crippen LogP contribution >= 0.6 is 23.2 Å². The molecule has 2 fully saturated rings. The monoisotopic (exact) mass is 571 g/mol. The first-order chi connectivity index (χ1) is 18.1. The van der Waals surface area contributed by atoms with Gasteiger partial charge in [-0.2, -0.15) is 0 Å². The fraction of sp³-hybridized carbons (Fsp3) is 0.542. The Morgan fingerprint density at radius 2 is 1.45 bits per heavy atom. The predicted molar refractivity (Wildman–Crippen MR) is 137 cm³/mol. The van der Waals surface area contributed by atoms with E-state index in [-0.39, 0.29) is 19.4 Å². The normalized spacial score (nSPS) is 31.7. The highest BCUT2D eigenvalue weighted by atomic mass is 35.5. The first-order valence-electron chi connectivity index (χ1n) is 12.2. The molecule has 2 saturated heterocycles. The van der Waals surface area contributed by atoms with Crippen LogP contribution in [0.1, 0.15) is 31.4 Å². The Balaban J connectivity index is 2.02. The number of benzene rings is 1. The molecule has 7 atom stereocenters. The van der Waals surface area contributed by atoms with E-state index in [1.807, 2.05) is 0 Å². The molecular formula is C24H31Cl2N5O7. The van der Waals surface area contributed by atoms with Crippen LogP contribution in [0.3, 0.4) is 0 Å². The van der Waals surface area contributed by atoms with E-state index >= 15 is 0 Å². The number of hydrogen-bond acceptors (Lipinski definition) is 7. The van der Waals surface area contributed by atoms with Gasteiger partial charge in [-0.1, -0.05) is 37.3 Å². The second-order valence-electron chi connectivity index (χ2n) is 9.09. The highest BCUT2D eigenvalue weighted by Crippen LogP contribution is 2.29. The Labute approximate surface area is 229 Å². The van der Waals surface area contributed by atoms with Crippen LogP contribution in [0.5, 0.6) is 0 Å². The third-order valence-electron chi connectivity index (χ3n) is 6.49. The van der Waals surface area contributed by atoms with Crippen molar-refractivity contribution in [2.45, 2.75) is 60.7 Å². The molecule has 0 bridgehead atoms. The summed E-state index contributed by atoms with van der Waals surface area (Å²) in [4.78, 5) is 66.4. The minimum Gasteiger partial charge on any atom is -0.394 e. The maximum atomic E-state index is 13.5. The number of carbonyl (C=O) groups excluding carboxylic acids is 5. The van der Waals surface area contributed by atoms with Crippen LogP contribution in [-0.2, 0) is 24.0 Å². The van der Waals surface area contributed by atoms with Gasteiger partial charge in [-0.3, -0.25) is 24.0 Å². The van der Waals surface area contributed by atoms with Crippen molar-refractivity contribution in [3.8, 4) is 0 Å². The summed E-state index contributed by atoms with van der Waals surface area (Å²) in [6.45, 7) is -0.145. The zero-order valence-corrected chi connectivity index (χ0v) is 22.1. The maximum Gasteiger partial charge on any atom is 0.248 e. The average molecular weight is 572 g/mol. The van der Waals surface area contributed by atoms with Crippen molar-refractivity contribution in [3.63, 3.8) is 0 Å². The number of aliphatic hydroxyl groups excluding tert-OH is 2. The van der Waals surface area contributed by atoms with E-state index in [0.717, 1.165) is 4.90 Å². The molecule has 6 N–H and O–H groups in total. The van der Waals surface area contributed by atoms with Gasteiger partial charge in [0.15, 0.2) is 0 Å². The van der Waals surface area contributed by atoms with Crippen molar-refractivity contribution in [2.24, 2.45) is 0 Å². The van der Waals surface area contributed by atoms with Crippen LogP contribution in [0.25, 0.3) is 0 Å². The van der Waals surface area contributed by atoms with E-state index in [1.54, 1.807) is 37.3 Å². The molecule has 14 heteroatoms. The van der Waals surface area contributed by atoms with Crippen molar-refractivity contribution in [2.75, 3.05) is 19.8 Å². The summed E-state index contributed by atoms with van der Waals surface area (Å²) < 4.78 is 0. The molecule has 1 aromatic rings. The molecule has 0 spiro atoms. The van der Waals surface area contributed by atoms with E-state index < -0.39 is 83.7 Å². The van der Waals surface area contributed by atoms with Gasteiger partial charge in [-0.15, -0.1) is 23.2 Å². The highest BCUT2D eigenvalue weighted by molar-refractivity contribution is 6.32. The summed E-state index contributed by atoms with van der Waals surface area (Å²) in [5, 5.41) is 27.8. The summed E-state index contributed by atoms with van der Waals surface area (Å²) in [6, 6.07) is 2.52. The number of rotatable bonds is 4. The number of fused-ring (bicyclic) bond motifs is 1. The number of hydrogen-bond donors (Lipinski definition) is 6. The summed E-state index contributed by atoms with van der Waals surface area (Å²) in [7, 11) is 0. The van der Waals surface area contributed by atoms with E-state index in [4.69, 9.17) is 23.2 Å². The second-order valence-corrected chi connectivity index (χ2v) is 10.2. The molecule has 0 aliphatic carbocycles. The first-order valence-corrected chi connectivity index (χ1v) is 13.0. The first kappa shape index (κ1) is 29.6. The number of carbonyl (C=O) groups is 5. The van der Waals surface area contributed by atoms with Gasteiger partial charge in [0.05, 0.1) is 36.4 Å². The Kier molecular flexibility index (Phi) is 10.3. The Hall–Kier alpha value is -2.93. The van der Waals surface area contributed by atoms with E-state index in [1.165, 1.54) is 0 Å². The highest BCUT2D eigenvalue weighted by Gasteiger charge is 2.48. The van der Waals surface area contributed by atoms with Gasteiger partial charge in [-0.05, 0) is 12.0 Å². The summed E-state index contributed by atoms with van der Waals surface area (Å²) in [6.07, 6.45) is -0.0832. The number of aliphatic hydroxyl groups is 2. The van der Waals surface area contributed by atoms with Crippen molar-refractivity contribution in [1.29, 1.82) is 0 Å². The third kappa shape index (κ3) is 6.73. The van der Waals surface area contributed by atoms with Crippen molar-refractivity contribution in [1.82, 2.24) is 26.2 Å². The molecule has 38 heavy (non-hydrogen) atoms. The van der Waals surface area contributed by atoms with Crippen LogP contribution < -0.4 is 21.3 Å². The lowest BCUT2D eigenvalue weighted by molar-refractivity contribution is -0.143. The minimum atomic E-state index is -1.51. The molecule has 1 aromatic carbocycles. The van der Waals surface area contributed by atoms with Gasteiger partial charge in [0.1, 0.15) is 24.2 Å². The molecule has 12 nitrogen and oxygen atoms in total. The van der Waals surface area contributed by atoms with Gasteiger partial charge in [0, 0.05) is 6.54 Å². The van der Waals surface area contributed by atoms with Crippen molar-refractivity contribution in [3.05, 3.63) is 35.9 Å². The van der Waals surface area contributed by atoms with Crippen molar-refractivity contribution < 1.29 is 34.2 Å². The molecule has 0 saturated carbocycles. The molecule has 2 heterocycles. The Morgan fingerprint density at radius 3 is 2.05 bits per heavy atom. The molecule has 208 valence electrons. The van der Waals surface area contributed by atoms with Crippen molar-refractivity contribution >= 4 is 52.7 Å². The molecule has 0 radical (unpaired) electrons. The van der Waals surface area contributed by atoms with E-state index in [9.17, 15) is 34.2 Å². The Morgan fingerprint density at radius 1 is 0.842 bits per heavy atom. The third-order valence-corrected chi connectivity index (χ3v) is 7.57. The molecule has 5 unspecified atom stereocenters. The lowest BCUT2D eigenvalue weighted by Gasteiger charge is -2.31. The average Bonchev–Trinajstić information content (AvgIpc) is 3.21. The zero-order chi connectivity index (χ0) is 28.0. The minimum absolute atomic E-state index is 0.145. The summed E-state index contributed by atoms with van der Waals surface area (Å²) in [5.41, 5.74) is 0.597. The van der Waals surface area contributed by atoms with Crippen LogP contribution in [0.2, 0.25) is 0 Å². The SMILES string of the molecule is CCC1NC(=O)CC(c2ccccc2)NC(=O)C2[C@@H](Cl)[C@@H](Cl)CN2C(=O)C(CO)NC(=O)C(CO)NC1=O. The smallest absolute Gasteiger partial charge is 0.248 e. The van der Waals surface area contributed by atoms with Gasteiger partial charge >= 0.3 is 0 Å². The molecule has 2 aliphatic rings. The number of alkyl halides is 2. The largest absolute Gasteiger partial charge is 0.394 e. The van der Waals surface area contributed by atoms with Gasteiger partial charge in [0.2, 0.25) is 29.5 Å². The molecule has 2 aliphatic heterocycles.